The van der Waals surface area contributed by atoms with Crippen LogP contribution in [-0.2, 0) is 4.74 Å². The molecule has 3 rings (SSSR count). The first kappa shape index (κ1) is 17.3. The maximum atomic E-state index is 12.2. The second kappa shape index (κ2) is 8.50. The van der Waals surface area contributed by atoms with Crippen molar-refractivity contribution in [3.63, 3.8) is 0 Å². The molecule has 0 bridgehead atoms. The van der Waals surface area contributed by atoms with Crippen LogP contribution in [0.4, 0.5) is 0 Å². The lowest BCUT2D eigenvalue weighted by molar-refractivity contribution is 0.0536. The summed E-state index contributed by atoms with van der Waals surface area (Å²) in [6.07, 6.45) is 2.20. The van der Waals surface area contributed by atoms with Crippen molar-refractivity contribution in [2.24, 2.45) is 5.92 Å². The van der Waals surface area contributed by atoms with Gasteiger partial charge in [0.1, 0.15) is 0 Å². The number of aryl methyl sites for hydroxylation is 1. The number of carbonyl (C=O) groups is 1. The average Bonchev–Trinajstić information content (AvgIpc) is 2.67. The van der Waals surface area contributed by atoms with Gasteiger partial charge < -0.3 is 10.1 Å². The van der Waals surface area contributed by atoms with Crippen molar-refractivity contribution in [3.8, 4) is 11.8 Å². The number of nitrogens with one attached hydrogen (secondary N) is 1. The van der Waals surface area contributed by atoms with Gasteiger partial charge in [-0.3, -0.25) is 4.79 Å². The SMILES string of the molecule is Cc1ccc(C#Cc2ccc(C(=O)NCC3CCCOC3)cc2)cc1. The molecule has 25 heavy (non-hydrogen) atoms. The van der Waals surface area contributed by atoms with Crippen LogP contribution >= 0.6 is 0 Å². The Hall–Kier alpha value is -2.57. The molecular formula is C22H23NO2. The Morgan fingerprint density at radius 3 is 2.32 bits per heavy atom. The third kappa shape index (κ3) is 5.20. The van der Waals surface area contributed by atoms with Crippen molar-refractivity contribution >= 4 is 5.91 Å². The lowest BCUT2D eigenvalue weighted by Gasteiger charge is -2.22. The van der Waals surface area contributed by atoms with Gasteiger partial charge in [-0.1, -0.05) is 29.5 Å². The Balaban J connectivity index is 1.56. The summed E-state index contributed by atoms with van der Waals surface area (Å²) in [6.45, 7) is 4.32. The molecule has 1 fully saturated rings. The number of carbonyl (C=O) groups excluding carboxylic acids is 1. The number of hydrogen-bond donors (Lipinski definition) is 1. The van der Waals surface area contributed by atoms with Crippen LogP contribution in [0.2, 0.25) is 0 Å². The van der Waals surface area contributed by atoms with E-state index < -0.39 is 0 Å². The van der Waals surface area contributed by atoms with Crippen molar-refractivity contribution in [3.05, 3.63) is 70.8 Å². The minimum Gasteiger partial charge on any atom is -0.381 e. The highest BCUT2D eigenvalue weighted by Gasteiger charge is 2.15. The van der Waals surface area contributed by atoms with Gasteiger partial charge in [-0.05, 0) is 62.1 Å². The molecule has 1 aliphatic heterocycles. The minimum absolute atomic E-state index is 0.0383. The van der Waals surface area contributed by atoms with Gasteiger partial charge in [-0.2, -0.15) is 0 Å². The van der Waals surface area contributed by atoms with Crippen molar-refractivity contribution in [1.82, 2.24) is 5.32 Å². The van der Waals surface area contributed by atoms with Crippen LogP contribution in [0, 0.1) is 24.7 Å². The molecule has 0 aliphatic carbocycles. The highest BCUT2D eigenvalue weighted by atomic mass is 16.5. The molecule has 1 saturated heterocycles. The van der Waals surface area contributed by atoms with E-state index in [2.05, 4.69) is 36.2 Å². The quantitative estimate of drug-likeness (QED) is 0.873. The van der Waals surface area contributed by atoms with Crippen LogP contribution in [0.3, 0.4) is 0 Å². The zero-order valence-corrected chi connectivity index (χ0v) is 14.5. The topological polar surface area (TPSA) is 38.3 Å². The number of ether oxygens (including phenoxy) is 1. The third-order valence-electron chi connectivity index (χ3n) is 4.36. The van der Waals surface area contributed by atoms with Crippen LogP contribution in [-0.4, -0.2) is 25.7 Å². The molecule has 1 amide bonds. The minimum atomic E-state index is -0.0383. The molecule has 1 aliphatic rings. The van der Waals surface area contributed by atoms with Gasteiger partial charge in [0.25, 0.3) is 5.91 Å². The molecule has 0 aromatic heterocycles. The molecule has 2 aromatic rings. The van der Waals surface area contributed by atoms with E-state index in [1.807, 2.05) is 36.4 Å². The first-order valence-electron chi connectivity index (χ1n) is 8.75. The number of amides is 1. The predicted molar refractivity (Wildman–Crippen MR) is 99.5 cm³/mol. The largest absolute Gasteiger partial charge is 0.381 e. The van der Waals surface area contributed by atoms with E-state index in [1.165, 1.54) is 5.56 Å². The van der Waals surface area contributed by atoms with E-state index in [4.69, 9.17) is 4.74 Å². The van der Waals surface area contributed by atoms with Crippen LogP contribution in [0.1, 0.15) is 39.9 Å². The van der Waals surface area contributed by atoms with Gasteiger partial charge >= 0.3 is 0 Å². The molecule has 0 saturated carbocycles. The van der Waals surface area contributed by atoms with Crippen LogP contribution < -0.4 is 5.32 Å². The van der Waals surface area contributed by atoms with Gasteiger partial charge in [-0.25, -0.2) is 0 Å². The molecule has 3 nitrogen and oxygen atoms in total. The number of benzene rings is 2. The fourth-order valence-electron chi connectivity index (χ4n) is 2.79. The Kier molecular flexibility index (Phi) is 5.87. The number of rotatable bonds is 3. The highest BCUT2D eigenvalue weighted by molar-refractivity contribution is 5.94. The summed E-state index contributed by atoms with van der Waals surface area (Å²) < 4.78 is 5.44. The molecule has 2 aromatic carbocycles. The summed E-state index contributed by atoms with van der Waals surface area (Å²) in [5, 5.41) is 3.00. The fraction of sp³-hybridized carbons (Fsp3) is 0.318. The molecule has 1 heterocycles. The second-order valence-electron chi connectivity index (χ2n) is 6.49. The lowest BCUT2D eigenvalue weighted by Crippen LogP contribution is -2.33. The molecule has 1 unspecified atom stereocenters. The summed E-state index contributed by atoms with van der Waals surface area (Å²) in [6, 6.07) is 15.6. The Bertz CT molecular complexity index is 760. The standard InChI is InChI=1S/C22H23NO2/c1-17-4-6-18(7-5-17)8-9-19-10-12-21(13-11-19)22(24)23-15-20-3-2-14-25-16-20/h4-7,10-13,20H,2-3,14-16H2,1H3,(H,23,24). The Labute approximate surface area is 149 Å². The highest BCUT2D eigenvalue weighted by Crippen LogP contribution is 2.12. The zero-order valence-electron chi connectivity index (χ0n) is 14.5. The smallest absolute Gasteiger partial charge is 0.251 e. The van der Waals surface area contributed by atoms with Crippen molar-refractivity contribution < 1.29 is 9.53 Å². The zero-order chi connectivity index (χ0) is 17.5. The first-order valence-corrected chi connectivity index (χ1v) is 8.75. The maximum Gasteiger partial charge on any atom is 0.251 e. The predicted octanol–water partition coefficient (Wildman–Crippen LogP) is 3.55. The van der Waals surface area contributed by atoms with E-state index in [0.717, 1.165) is 37.2 Å². The molecule has 0 radical (unpaired) electrons. The lowest BCUT2D eigenvalue weighted by atomic mass is 10.0. The Morgan fingerprint density at radius 1 is 1.08 bits per heavy atom. The maximum absolute atomic E-state index is 12.2. The van der Waals surface area contributed by atoms with Gasteiger partial charge in [0, 0.05) is 29.8 Å². The van der Waals surface area contributed by atoms with E-state index in [1.54, 1.807) is 0 Å². The summed E-state index contributed by atoms with van der Waals surface area (Å²) in [5.41, 5.74) is 3.78. The van der Waals surface area contributed by atoms with E-state index in [9.17, 15) is 4.79 Å². The van der Waals surface area contributed by atoms with E-state index in [-0.39, 0.29) is 5.91 Å². The second-order valence-corrected chi connectivity index (χ2v) is 6.49. The van der Waals surface area contributed by atoms with E-state index >= 15 is 0 Å². The van der Waals surface area contributed by atoms with Gasteiger partial charge in [0.15, 0.2) is 0 Å². The Morgan fingerprint density at radius 2 is 1.72 bits per heavy atom. The van der Waals surface area contributed by atoms with Crippen molar-refractivity contribution in [2.45, 2.75) is 19.8 Å². The molecule has 128 valence electrons. The third-order valence-corrected chi connectivity index (χ3v) is 4.36. The summed E-state index contributed by atoms with van der Waals surface area (Å²) >= 11 is 0. The van der Waals surface area contributed by atoms with Gasteiger partial charge in [0.2, 0.25) is 0 Å². The van der Waals surface area contributed by atoms with Crippen LogP contribution in [0.5, 0.6) is 0 Å². The van der Waals surface area contributed by atoms with E-state index in [0.29, 0.717) is 18.0 Å². The summed E-state index contributed by atoms with van der Waals surface area (Å²) in [4.78, 5) is 12.2. The molecular weight excluding hydrogens is 310 g/mol. The van der Waals surface area contributed by atoms with Crippen LogP contribution in [0.15, 0.2) is 48.5 Å². The van der Waals surface area contributed by atoms with Crippen molar-refractivity contribution in [2.75, 3.05) is 19.8 Å². The number of hydrogen-bond acceptors (Lipinski definition) is 2. The molecule has 3 heteroatoms. The molecule has 1 N–H and O–H groups in total. The van der Waals surface area contributed by atoms with Gasteiger partial charge in [-0.15, -0.1) is 0 Å². The fourth-order valence-corrected chi connectivity index (χ4v) is 2.79. The van der Waals surface area contributed by atoms with Gasteiger partial charge in [0.05, 0.1) is 6.61 Å². The monoisotopic (exact) mass is 333 g/mol. The summed E-state index contributed by atoms with van der Waals surface area (Å²) in [5.74, 6) is 6.66. The normalized spacial score (nSPS) is 16.6. The summed E-state index contributed by atoms with van der Waals surface area (Å²) in [7, 11) is 0. The van der Waals surface area contributed by atoms with Crippen molar-refractivity contribution in [1.29, 1.82) is 0 Å². The van der Waals surface area contributed by atoms with Crippen LogP contribution in [0.25, 0.3) is 0 Å². The average molecular weight is 333 g/mol. The molecule has 0 spiro atoms. The first-order chi connectivity index (χ1) is 12.2. The molecule has 1 atom stereocenters.